The minimum Gasteiger partial charge on any atom is -0.344 e. The molecule has 3 nitrogen and oxygen atoms in total. The molecule has 0 heterocycles. The molecule has 0 saturated heterocycles. The van der Waals surface area contributed by atoms with Crippen LogP contribution in [0.2, 0.25) is 0 Å². The summed E-state index contributed by atoms with van der Waals surface area (Å²) in [5.41, 5.74) is 6.70. The van der Waals surface area contributed by atoms with Crippen LogP contribution < -0.4 is 5.73 Å². The quantitative estimate of drug-likeness (QED) is 0.520. The van der Waals surface area contributed by atoms with Crippen molar-refractivity contribution in [3.63, 3.8) is 0 Å². The van der Waals surface area contributed by atoms with Gasteiger partial charge in [0.2, 0.25) is 7.37 Å². The van der Waals surface area contributed by atoms with Crippen LogP contribution >= 0.6 is 7.37 Å². The van der Waals surface area contributed by atoms with E-state index in [1.54, 1.807) is 6.92 Å². The summed E-state index contributed by atoms with van der Waals surface area (Å²) < 4.78 is 11.3. The monoisotopic (exact) mass is 189 g/mol. The van der Waals surface area contributed by atoms with E-state index in [0.717, 1.165) is 18.4 Å². The molecule has 2 unspecified atom stereocenters. The van der Waals surface area contributed by atoms with E-state index in [0.29, 0.717) is 12.3 Å². The second-order valence-corrected chi connectivity index (χ2v) is 5.99. The fraction of sp³-hybridized carbons (Fsp3) is 0.750. The largest absolute Gasteiger partial charge is 0.344 e. The zero-order valence-corrected chi connectivity index (χ0v) is 8.26. The summed E-state index contributed by atoms with van der Waals surface area (Å²) in [5.74, 6) is 0. The first kappa shape index (κ1) is 9.97. The summed E-state index contributed by atoms with van der Waals surface area (Å²) in [4.78, 5) is 9.34. The Morgan fingerprint density at radius 1 is 1.83 bits per heavy atom. The summed E-state index contributed by atoms with van der Waals surface area (Å²) >= 11 is 0. The lowest BCUT2D eigenvalue weighted by molar-refractivity contribution is 0.481. The Morgan fingerprint density at radius 3 is 2.92 bits per heavy atom. The van der Waals surface area contributed by atoms with E-state index in [9.17, 15) is 9.46 Å². The van der Waals surface area contributed by atoms with Crippen LogP contribution in [0.4, 0.5) is 0 Å². The van der Waals surface area contributed by atoms with E-state index in [-0.39, 0.29) is 6.04 Å². The van der Waals surface area contributed by atoms with Gasteiger partial charge in [-0.1, -0.05) is 18.6 Å². The third-order valence-electron chi connectivity index (χ3n) is 2.19. The molecule has 1 aliphatic rings. The molecule has 0 aromatic carbocycles. The van der Waals surface area contributed by atoms with Gasteiger partial charge in [0, 0.05) is 18.4 Å². The van der Waals surface area contributed by atoms with Crippen LogP contribution in [0.5, 0.6) is 0 Å². The number of hydrogen-bond donors (Lipinski definition) is 2. The van der Waals surface area contributed by atoms with Crippen molar-refractivity contribution in [3.05, 3.63) is 11.6 Å². The average Bonchev–Trinajstić information content (AvgIpc) is 2.35. The summed E-state index contributed by atoms with van der Waals surface area (Å²) in [7, 11) is -2.87. The van der Waals surface area contributed by atoms with Crippen LogP contribution in [0.1, 0.15) is 19.8 Å². The van der Waals surface area contributed by atoms with Gasteiger partial charge in [0.25, 0.3) is 0 Å². The SMILES string of the molecule is CCP(=O)(O)CC1=CC(N)CC1. The van der Waals surface area contributed by atoms with E-state index in [4.69, 9.17) is 5.73 Å². The third-order valence-corrected chi connectivity index (χ3v) is 4.08. The molecule has 12 heavy (non-hydrogen) atoms. The molecule has 0 bridgehead atoms. The van der Waals surface area contributed by atoms with Gasteiger partial charge < -0.3 is 10.6 Å². The second-order valence-electron chi connectivity index (χ2n) is 3.35. The molecular weight excluding hydrogens is 173 g/mol. The van der Waals surface area contributed by atoms with Gasteiger partial charge in [-0.3, -0.25) is 4.57 Å². The van der Waals surface area contributed by atoms with Crippen LogP contribution in [0.3, 0.4) is 0 Å². The van der Waals surface area contributed by atoms with Gasteiger partial charge in [0.05, 0.1) is 0 Å². The smallest absolute Gasteiger partial charge is 0.204 e. The minimum atomic E-state index is -2.87. The molecular formula is C8H16NO2P. The standard InChI is InChI=1S/C8H16NO2P/c1-2-12(10,11)6-7-3-4-8(9)5-7/h5,8H,2-4,6,9H2,1H3,(H,10,11). The van der Waals surface area contributed by atoms with Crippen LogP contribution in [0.15, 0.2) is 11.6 Å². The van der Waals surface area contributed by atoms with Gasteiger partial charge in [-0.25, -0.2) is 0 Å². The molecule has 0 aromatic rings. The predicted octanol–water partition coefficient (Wildman–Crippen LogP) is 1.32. The molecule has 2 atom stereocenters. The van der Waals surface area contributed by atoms with Crippen molar-refractivity contribution in [2.75, 3.05) is 12.3 Å². The van der Waals surface area contributed by atoms with Crippen LogP contribution in [0.25, 0.3) is 0 Å². The molecule has 1 aliphatic carbocycles. The molecule has 1 rings (SSSR count). The van der Waals surface area contributed by atoms with E-state index < -0.39 is 7.37 Å². The third kappa shape index (κ3) is 2.74. The maximum atomic E-state index is 11.3. The summed E-state index contributed by atoms with van der Waals surface area (Å²) in [6, 6.07) is 0.108. The first-order valence-electron chi connectivity index (χ1n) is 4.29. The lowest BCUT2D eigenvalue weighted by atomic mass is 10.2. The van der Waals surface area contributed by atoms with Crippen molar-refractivity contribution >= 4 is 7.37 Å². The zero-order chi connectivity index (χ0) is 9.19. The highest BCUT2D eigenvalue weighted by molar-refractivity contribution is 7.58. The van der Waals surface area contributed by atoms with Gasteiger partial charge in [0.1, 0.15) is 0 Å². The van der Waals surface area contributed by atoms with Gasteiger partial charge >= 0.3 is 0 Å². The molecule has 70 valence electrons. The van der Waals surface area contributed by atoms with Gasteiger partial charge in [-0.15, -0.1) is 0 Å². The molecule has 4 heteroatoms. The van der Waals surface area contributed by atoms with Gasteiger partial charge in [0.15, 0.2) is 0 Å². The van der Waals surface area contributed by atoms with Gasteiger partial charge in [-0.05, 0) is 12.8 Å². The van der Waals surface area contributed by atoms with E-state index in [1.165, 1.54) is 0 Å². The van der Waals surface area contributed by atoms with Crippen LogP contribution in [-0.4, -0.2) is 23.3 Å². The van der Waals surface area contributed by atoms with Crippen molar-refractivity contribution < 1.29 is 9.46 Å². The maximum Gasteiger partial charge on any atom is 0.204 e. The number of rotatable bonds is 3. The first-order valence-corrected chi connectivity index (χ1v) is 6.32. The molecule has 3 N–H and O–H groups in total. The minimum absolute atomic E-state index is 0.108. The normalized spacial score (nSPS) is 28.2. The lowest BCUT2D eigenvalue weighted by Crippen LogP contribution is -2.11. The predicted molar refractivity (Wildman–Crippen MR) is 50.5 cm³/mol. The molecule has 0 fully saturated rings. The molecule has 0 amide bonds. The fourth-order valence-electron chi connectivity index (χ4n) is 1.38. The Bertz CT molecular complexity index is 237. The van der Waals surface area contributed by atoms with Crippen molar-refractivity contribution in [2.45, 2.75) is 25.8 Å². The number of nitrogens with two attached hydrogens (primary N) is 1. The Hall–Kier alpha value is -0.110. The Kier molecular flexibility index (Phi) is 3.10. The number of hydrogen-bond acceptors (Lipinski definition) is 2. The average molecular weight is 189 g/mol. The lowest BCUT2D eigenvalue weighted by Gasteiger charge is -2.08. The van der Waals surface area contributed by atoms with E-state index in [1.807, 2.05) is 6.08 Å². The maximum absolute atomic E-state index is 11.3. The summed E-state index contributed by atoms with van der Waals surface area (Å²) in [5, 5.41) is 0. The second kappa shape index (κ2) is 3.73. The Labute approximate surface area is 73.1 Å². The Morgan fingerprint density at radius 2 is 2.50 bits per heavy atom. The molecule has 0 radical (unpaired) electrons. The van der Waals surface area contributed by atoms with Crippen molar-refractivity contribution in [3.8, 4) is 0 Å². The van der Waals surface area contributed by atoms with Crippen molar-refractivity contribution in [1.82, 2.24) is 0 Å². The molecule has 0 aromatic heterocycles. The highest BCUT2D eigenvalue weighted by Gasteiger charge is 2.20. The fourth-order valence-corrected chi connectivity index (χ4v) is 2.50. The van der Waals surface area contributed by atoms with Crippen molar-refractivity contribution in [1.29, 1.82) is 0 Å². The Balaban J connectivity index is 2.52. The first-order chi connectivity index (χ1) is 5.53. The highest BCUT2D eigenvalue weighted by Crippen LogP contribution is 2.43. The van der Waals surface area contributed by atoms with E-state index in [2.05, 4.69) is 0 Å². The highest BCUT2D eigenvalue weighted by atomic mass is 31.2. The zero-order valence-electron chi connectivity index (χ0n) is 7.36. The molecule has 0 saturated carbocycles. The number of allylic oxidation sites excluding steroid dienone is 1. The summed E-state index contributed by atoms with van der Waals surface area (Å²) in [6.45, 7) is 1.75. The van der Waals surface area contributed by atoms with Crippen molar-refractivity contribution in [2.24, 2.45) is 5.73 Å². The van der Waals surface area contributed by atoms with Gasteiger partial charge in [-0.2, -0.15) is 0 Å². The van der Waals surface area contributed by atoms with E-state index >= 15 is 0 Å². The molecule has 0 aliphatic heterocycles. The summed E-state index contributed by atoms with van der Waals surface area (Å²) in [6.07, 6.45) is 4.46. The van der Waals surface area contributed by atoms with Crippen LogP contribution in [0, 0.1) is 0 Å². The van der Waals surface area contributed by atoms with Crippen LogP contribution in [-0.2, 0) is 4.57 Å². The topological polar surface area (TPSA) is 63.3 Å². The molecule has 0 spiro atoms.